The first-order chi connectivity index (χ1) is 19.9. The first kappa shape index (κ1) is 28.1. The molecule has 10 heteroatoms. The number of hydrogen-bond donors (Lipinski definition) is 1. The van der Waals surface area contributed by atoms with Gasteiger partial charge in [0.2, 0.25) is 17.7 Å². The number of benzene rings is 1. The number of para-hydroxylation sites is 1. The van der Waals surface area contributed by atoms with Gasteiger partial charge in [0.05, 0.1) is 43.8 Å². The van der Waals surface area contributed by atoms with Gasteiger partial charge in [-0.2, -0.15) is 0 Å². The Balaban J connectivity index is 1.38. The number of nitrogens with zero attached hydrogens (tertiary/aromatic N) is 4. The van der Waals surface area contributed by atoms with Crippen LogP contribution in [0.3, 0.4) is 0 Å². The van der Waals surface area contributed by atoms with Crippen LogP contribution in [0.5, 0.6) is 0 Å². The average molecular weight is 565 g/mol. The van der Waals surface area contributed by atoms with Crippen molar-refractivity contribution in [3.8, 4) is 0 Å². The van der Waals surface area contributed by atoms with Crippen LogP contribution in [0.1, 0.15) is 13.8 Å². The van der Waals surface area contributed by atoms with E-state index in [0.29, 0.717) is 39.4 Å². The zero-order valence-corrected chi connectivity index (χ0v) is 23.8. The number of rotatable bonds is 7. The van der Waals surface area contributed by atoms with E-state index >= 15 is 0 Å². The molecule has 1 aromatic rings. The molecule has 5 aliphatic heterocycles. The molecule has 0 radical (unpaired) electrons. The van der Waals surface area contributed by atoms with Crippen LogP contribution in [0.25, 0.3) is 0 Å². The van der Waals surface area contributed by atoms with Gasteiger partial charge >= 0.3 is 0 Å². The number of anilines is 1. The summed E-state index contributed by atoms with van der Waals surface area (Å²) in [4.78, 5) is 50.5. The molecule has 6 atom stereocenters. The molecule has 3 fully saturated rings. The van der Waals surface area contributed by atoms with Crippen molar-refractivity contribution in [2.45, 2.75) is 37.6 Å². The van der Waals surface area contributed by atoms with Crippen LogP contribution in [0.4, 0.5) is 5.69 Å². The summed E-state index contributed by atoms with van der Waals surface area (Å²) in [5.41, 5.74) is -0.557. The highest BCUT2D eigenvalue weighted by atomic mass is 16.5. The van der Waals surface area contributed by atoms with Gasteiger partial charge in [-0.05, 0) is 18.1 Å². The SMILES string of the molecule is CC(C)[C@H](CO)N1C(=O)[C@@H]2[C@H]3C(=O)N(c4ccccc4)CC=C[C@H]3O[C@@]23C=CCN(CCN2CCOCC2)C(=O)C13. The maximum Gasteiger partial charge on any atom is 0.249 e. The molecule has 0 aliphatic carbocycles. The zero-order chi connectivity index (χ0) is 28.7. The summed E-state index contributed by atoms with van der Waals surface area (Å²) in [5.74, 6) is -2.49. The third kappa shape index (κ3) is 4.70. The molecule has 6 rings (SSSR count). The Morgan fingerprint density at radius 3 is 2.44 bits per heavy atom. The largest absolute Gasteiger partial charge is 0.394 e. The van der Waals surface area contributed by atoms with E-state index in [4.69, 9.17) is 9.47 Å². The fourth-order valence-electron chi connectivity index (χ4n) is 7.23. The summed E-state index contributed by atoms with van der Waals surface area (Å²) in [5, 5.41) is 10.5. The first-order valence-electron chi connectivity index (χ1n) is 14.8. The van der Waals surface area contributed by atoms with Crippen LogP contribution in [-0.2, 0) is 23.9 Å². The van der Waals surface area contributed by atoms with Crippen molar-refractivity contribution in [1.82, 2.24) is 14.7 Å². The van der Waals surface area contributed by atoms with E-state index in [1.165, 1.54) is 0 Å². The molecule has 5 aliphatic rings. The van der Waals surface area contributed by atoms with Crippen molar-refractivity contribution < 1.29 is 29.0 Å². The fraction of sp³-hybridized carbons (Fsp3) is 0.581. The topological polar surface area (TPSA) is 103 Å². The molecule has 3 amide bonds. The number of ether oxygens (including phenoxy) is 2. The molecule has 220 valence electrons. The van der Waals surface area contributed by atoms with Crippen molar-refractivity contribution in [1.29, 1.82) is 0 Å². The van der Waals surface area contributed by atoms with Crippen molar-refractivity contribution in [2.24, 2.45) is 17.8 Å². The van der Waals surface area contributed by atoms with Gasteiger partial charge < -0.3 is 29.3 Å². The monoisotopic (exact) mass is 564 g/mol. The van der Waals surface area contributed by atoms with Crippen LogP contribution in [0.15, 0.2) is 54.6 Å². The van der Waals surface area contributed by atoms with Gasteiger partial charge in [-0.3, -0.25) is 19.3 Å². The second-order valence-electron chi connectivity index (χ2n) is 11.9. The fourth-order valence-corrected chi connectivity index (χ4v) is 7.23. The van der Waals surface area contributed by atoms with E-state index < -0.39 is 35.6 Å². The van der Waals surface area contributed by atoms with Crippen LogP contribution >= 0.6 is 0 Å². The van der Waals surface area contributed by atoms with Crippen molar-refractivity contribution in [3.63, 3.8) is 0 Å². The summed E-state index contributed by atoms with van der Waals surface area (Å²) in [7, 11) is 0. The van der Waals surface area contributed by atoms with Gasteiger partial charge in [-0.15, -0.1) is 0 Å². The van der Waals surface area contributed by atoms with Gasteiger partial charge in [0, 0.05) is 45.0 Å². The number of likely N-dealkylation sites (tertiary alicyclic amines) is 1. The summed E-state index contributed by atoms with van der Waals surface area (Å²) < 4.78 is 12.2. The Kier molecular flexibility index (Phi) is 7.76. The zero-order valence-electron chi connectivity index (χ0n) is 23.8. The number of hydrogen-bond acceptors (Lipinski definition) is 7. The number of aliphatic hydroxyl groups is 1. The van der Waals surface area contributed by atoms with Gasteiger partial charge in [-0.25, -0.2) is 0 Å². The van der Waals surface area contributed by atoms with Crippen LogP contribution in [-0.4, -0.2) is 120 Å². The highest BCUT2D eigenvalue weighted by molar-refractivity contribution is 6.04. The molecular weight excluding hydrogens is 524 g/mol. The predicted octanol–water partition coefficient (Wildman–Crippen LogP) is 0.918. The minimum atomic E-state index is -1.31. The molecule has 1 aromatic carbocycles. The average Bonchev–Trinajstić information content (AvgIpc) is 3.29. The summed E-state index contributed by atoms with van der Waals surface area (Å²) in [6.07, 6.45) is 6.92. The number of morpholine rings is 1. The molecule has 0 aromatic heterocycles. The predicted molar refractivity (Wildman–Crippen MR) is 152 cm³/mol. The highest BCUT2D eigenvalue weighted by Gasteiger charge is 2.72. The smallest absolute Gasteiger partial charge is 0.249 e. The standard InChI is InChI=1S/C31H40N4O6/c1-21(2)23(20-36)35-27-30(39)33(15-14-32-16-18-40-19-17-32)12-7-11-31(27)26(29(35)38)25-24(41-31)10-6-13-34(28(25)37)22-8-4-3-5-9-22/h3-11,21,23-27,36H,12-20H2,1-2H3/t23-,24+,25-,26-,27?,31-/m0/s1. The Morgan fingerprint density at radius 2 is 1.73 bits per heavy atom. The maximum absolute atomic E-state index is 14.5. The molecule has 1 unspecified atom stereocenters. The molecule has 0 saturated carbocycles. The first-order valence-corrected chi connectivity index (χ1v) is 14.8. The lowest BCUT2D eigenvalue weighted by Crippen LogP contribution is -2.59. The van der Waals surface area contributed by atoms with Gasteiger partial charge in [0.15, 0.2) is 0 Å². The van der Waals surface area contributed by atoms with E-state index in [1.54, 1.807) is 14.7 Å². The molecule has 1 N–H and O–H groups in total. The van der Waals surface area contributed by atoms with Crippen LogP contribution < -0.4 is 4.90 Å². The normalized spacial score (nSPS) is 32.7. The van der Waals surface area contributed by atoms with E-state index in [0.717, 1.165) is 18.8 Å². The van der Waals surface area contributed by atoms with Crippen molar-refractivity contribution >= 4 is 23.4 Å². The van der Waals surface area contributed by atoms with Crippen molar-refractivity contribution in [2.75, 3.05) is 64.0 Å². The number of aliphatic hydroxyl groups excluding tert-OH is 1. The minimum Gasteiger partial charge on any atom is -0.394 e. The lowest BCUT2D eigenvalue weighted by molar-refractivity contribution is -0.151. The Labute approximate surface area is 241 Å². The van der Waals surface area contributed by atoms with E-state index in [1.807, 2.05) is 68.5 Å². The molecule has 3 saturated heterocycles. The van der Waals surface area contributed by atoms with Crippen LogP contribution in [0.2, 0.25) is 0 Å². The third-order valence-corrected chi connectivity index (χ3v) is 9.35. The van der Waals surface area contributed by atoms with Gasteiger partial charge in [0.1, 0.15) is 11.6 Å². The van der Waals surface area contributed by atoms with E-state index in [2.05, 4.69) is 4.90 Å². The lowest BCUT2D eigenvalue weighted by atomic mass is 9.77. The number of fused-ring (bicyclic) bond motifs is 2. The second-order valence-corrected chi connectivity index (χ2v) is 11.9. The second kappa shape index (κ2) is 11.3. The Morgan fingerprint density at radius 1 is 0.976 bits per heavy atom. The quantitative estimate of drug-likeness (QED) is 0.492. The molecule has 1 spiro atoms. The summed E-state index contributed by atoms with van der Waals surface area (Å²) in [6, 6.07) is 7.86. The molecule has 41 heavy (non-hydrogen) atoms. The van der Waals surface area contributed by atoms with Crippen LogP contribution in [0, 0.1) is 17.8 Å². The number of carbonyl (C=O) groups is 3. The molecule has 0 bridgehead atoms. The Hall–Kier alpha value is -3.05. The maximum atomic E-state index is 14.5. The third-order valence-electron chi connectivity index (χ3n) is 9.35. The summed E-state index contributed by atoms with van der Waals surface area (Å²) in [6.45, 7) is 8.52. The summed E-state index contributed by atoms with van der Waals surface area (Å²) >= 11 is 0. The van der Waals surface area contributed by atoms with E-state index in [9.17, 15) is 19.5 Å². The minimum absolute atomic E-state index is 0.108. The van der Waals surface area contributed by atoms with Crippen molar-refractivity contribution in [3.05, 3.63) is 54.6 Å². The van der Waals surface area contributed by atoms with E-state index in [-0.39, 0.29) is 30.2 Å². The number of amides is 3. The molecule has 5 heterocycles. The Bertz CT molecular complexity index is 1210. The number of carbonyl (C=O) groups excluding carboxylic acids is 3. The van der Waals surface area contributed by atoms with Gasteiger partial charge in [-0.1, -0.05) is 56.4 Å². The van der Waals surface area contributed by atoms with Gasteiger partial charge in [0.25, 0.3) is 0 Å². The highest BCUT2D eigenvalue weighted by Crippen LogP contribution is 2.54. The molecular formula is C31H40N4O6. The molecule has 10 nitrogen and oxygen atoms in total. The lowest BCUT2D eigenvalue weighted by Gasteiger charge is -2.40.